The first-order chi connectivity index (χ1) is 9.83. The third kappa shape index (κ3) is 8.70. The molecule has 108 valence electrons. The Bertz CT molecular complexity index is 424. The summed E-state index contributed by atoms with van der Waals surface area (Å²) >= 11 is 3.42. The molecule has 0 atom stereocenters. The van der Waals surface area contributed by atoms with E-state index in [1.807, 2.05) is 24.3 Å². The van der Waals surface area contributed by atoms with Crippen LogP contribution in [0.1, 0.15) is 32.1 Å². The van der Waals surface area contributed by atoms with Gasteiger partial charge >= 0.3 is 5.97 Å². The van der Waals surface area contributed by atoms with Crippen molar-refractivity contribution in [3.05, 3.63) is 54.6 Å². The highest BCUT2D eigenvalue weighted by Crippen LogP contribution is 2.08. The van der Waals surface area contributed by atoms with Gasteiger partial charge in [0.15, 0.2) is 0 Å². The van der Waals surface area contributed by atoms with Gasteiger partial charge in [0, 0.05) is 11.4 Å². The van der Waals surface area contributed by atoms with E-state index in [0.29, 0.717) is 5.75 Å². The Kier molecular flexibility index (Phi) is 9.58. The second-order valence-electron chi connectivity index (χ2n) is 4.41. The fraction of sp³-hybridized carbons (Fsp3) is 0.353. The summed E-state index contributed by atoms with van der Waals surface area (Å²) in [7, 11) is 0. The molecule has 0 aliphatic rings. The number of alkyl halides is 1. The lowest BCUT2D eigenvalue weighted by Crippen LogP contribution is -2.02. The van der Waals surface area contributed by atoms with Crippen molar-refractivity contribution >= 4 is 21.9 Å². The van der Waals surface area contributed by atoms with Crippen molar-refractivity contribution in [3.8, 4) is 5.75 Å². The molecule has 0 unspecified atom stereocenters. The molecule has 20 heavy (non-hydrogen) atoms. The highest BCUT2D eigenvalue weighted by atomic mass is 79.9. The van der Waals surface area contributed by atoms with Crippen molar-refractivity contribution in [3.63, 3.8) is 0 Å². The number of hydrogen-bond acceptors (Lipinski definition) is 2. The van der Waals surface area contributed by atoms with Crippen LogP contribution in [0.3, 0.4) is 0 Å². The number of para-hydroxylation sites is 1. The van der Waals surface area contributed by atoms with Gasteiger partial charge in [0.1, 0.15) is 5.75 Å². The minimum Gasteiger partial charge on any atom is -0.423 e. The molecule has 0 radical (unpaired) electrons. The predicted molar refractivity (Wildman–Crippen MR) is 87.2 cm³/mol. The zero-order valence-electron chi connectivity index (χ0n) is 11.6. The van der Waals surface area contributed by atoms with E-state index < -0.39 is 0 Å². The van der Waals surface area contributed by atoms with Crippen LogP contribution in [0.2, 0.25) is 0 Å². The summed E-state index contributed by atoms with van der Waals surface area (Å²) in [4.78, 5) is 11.5. The number of benzene rings is 1. The van der Waals surface area contributed by atoms with Crippen molar-refractivity contribution in [2.75, 3.05) is 5.33 Å². The van der Waals surface area contributed by atoms with E-state index >= 15 is 0 Å². The second-order valence-corrected chi connectivity index (χ2v) is 5.21. The molecule has 0 N–H and O–H groups in total. The smallest absolute Gasteiger partial charge is 0.336 e. The van der Waals surface area contributed by atoms with E-state index in [1.54, 1.807) is 18.2 Å². The summed E-state index contributed by atoms with van der Waals surface area (Å²) in [6.45, 7) is 0. The number of carbonyl (C=O) groups is 1. The van der Waals surface area contributed by atoms with Crippen molar-refractivity contribution in [2.24, 2.45) is 0 Å². The number of allylic oxidation sites excluding steroid dienone is 3. The van der Waals surface area contributed by atoms with Gasteiger partial charge in [0.05, 0.1) is 0 Å². The first-order valence-corrected chi connectivity index (χ1v) is 8.11. The second kappa shape index (κ2) is 11.5. The van der Waals surface area contributed by atoms with Gasteiger partial charge in [-0.3, -0.25) is 0 Å². The minimum atomic E-state index is -0.349. The molecule has 0 saturated heterocycles. The predicted octanol–water partition coefficient (Wildman–Crippen LogP) is 5.05. The molecule has 0 saturated carbocycles. The maximum Gasteiger partial charge on any atom is 0.336 e. The van der Waals surface area contributed by atoms with E-state index in [2.05, 4.69) is 22.0 Å². The Labute approximate surface area is 129 Å². The normalized spacial score (nSPS) is 11.2. The van der Waals surface area contributed by atoms with Gasteiger partial charge in [0.2, 0.25) is 0 Å². The molecule has 2 nitrogen and oxygen atoms in total. The molecule has 0 aromatic heterocycles. The number of rotatable bonds is 9. The Morgan fingerprint density at radius 2 is 1.80 bits per heavy atom. The summed E-state index contributed by atoms with van der Waals surface area (Å²) in [5.74, 6) is 0.219. The first-order valence-electron chi connectivity index (χ1n) is 6.99. The van der Waals surface area contributed by atoms with E-state index in [1.165, 1.54) is 31.8 Å². The number of halogens is 1. The molecule has 0 fully saturated rings. The van der Waals surface area contributed by atoms with E-state index in [9.17, 15) is 4.79 Å². The quantitative estimate of drug-likeness (QED) is 0.157. The number of unbranched alkanes of at least 4 members (excludes halogenated alkanes) is 4. The van der Waals surface area contributed by atoms with E-state index in [0.717, 1.165) is 11.8 Å². The maximum absolute atomic E-state index is 11.5. The lowest BCUT2D eigenvalue weighted by atomic mass is 10.1. The van der Waals surface area contributed by atoms with Gasteiger partial charge < -0.3 is 4.74 Å². The van der Waals surface area contributed by atoms with Crippen molar-refractivity contribution < 1.29 is 9.53 Å². The fourth-order valence-electron chi connectivity index (χ4n) is 1.66. The van der Waals surface area contributed by atoms with Gasteiger partial charge in [-0.2, -0.15) is 0 Å². The summed E-state index contributed by atoms with van der Waals surface area (Å²) in [6, 6.07) is 9.07. The summed E-state index contributed by atoms with van der Waals surface area (Å²) < 4.78 is 5.12. The van der Waals surface area contributed by atoms with Crippen LogP contribution >= 0.6 is 15.9 Å². The van der Waals surface area contributed by atoms with E-state index in [4.69, 9.17) is 4.74 Å². The van der Waals surface area contributed by atoms with Crippen LogP contribution in [0, 0.1) is 0 Å². The molecule has 0 bridgehead atoms. The monoisotopic (exact) mass is 336 g/mol. The van der Waals surface area contributed by atoms with Crippen LogP contribution in [0.15, 0.2) is 54.6 Å². The van der Waals surface area contributed by atoms with Crippen molar-refractivity contribution in [2.45, 2.75) is 32.1 Å². The van der Waals surface area contributed by atoms with Gasteiger partial charge in [-0.15, -0.1) is 0 Å². The van der Waals surface area contributed by atoms with Crippen LogP contribution in [0.25, 0.3) is 0 Å². The van der Waals surface area contributed by atoms with Gasteiger partial charge in [-0.1, -0.05) is 65.2 Å². The molecular formula is C17H21BrO2. The molecule has 1 aromatic rings. The summed E-state index contributed by atoms with van der Waals surface area (Å²) in [5.41, 5.74) is 0. The number of carbonyl (C=O) groups excluding carboxylic acids is 1. The Morgan fingerprint density at radius 1 is 1.05 bits per heavy atom. The highest BCUT2D eigenvalue weighted by Gasteiger charge is 1.97. The summed E-state index contributed by atoms with van der Waals surface area (Å²) in [6.07, 6.45) is 13.2. The van der Waals surface area contributed by atoms with Crippen molar-refractivity contribution in [1.29, 1.82) is 0 Å². The van der Waals surface area contributed by atoms with E-state index in [-0.39, 0.29) is 5.97 Å². The number of esters is 1. The van der Waals surface area contributed by atoms with Crippen LogP contribution in [-0.4, -0.2) is 11.3 Å². The molecule has 3 heteroatoms. The Hall–Kier alpha value is -1.35. The Balaban J connectivity index is 2.12. The van der Waals surface area contributed by atoms with Gasteiger partial charge in [-0.05, 0) is 31.4 Å². The average Bonchev–Trinajstić information content (AvgIpc) is 2.46. The SMILES string of the molecule is O=C(/C=C/C=C\CCCCCCBr)Oc1ccccc1. The van der Waals surface area contributed by atoms with Crippen LogP contribution in [-0.2, 0) is 4.79 Å². The maximum atomic E-state index is 11.5. The molecule has 0 heterocycles. The van der Waals surface area contributed by atoms with Crippen LogP contribution in [0.4, 0.5) is 0 Å². The zero-order valence-corrected chi connectivity index (χ0v) is 13.2. The largest absolute Gasteiger partial charge is 0.423 e. The third-order valence-electron chi connectivity index (χ3n) is 2.70. The van der Waals surface area contributed by atoms with Gasteiger partial charge in [-0.25, -0.2) is 4.79 Å². The molecule has 0 spiro atoms. The molecule has 1 rings (SSSR count). The van der Waals surface area contributed by atoms with Crippen LogP contribution in [0.5, 0.6) is 5.75 Å². The molecule has 0 aliphatic carbocycles. The third-order valence-corrected chi connectivity index (χ3v) is 3.26. The lowest BCUT2D eigenvalue weighted by molar-refractivity contribution is -0.128. The number of hydrogen-bond donors (Lipinski definition) is 0. The van der Waals surface area contributed by atoms with Crippen molar-refractivity contribution in [1.82, 2.24) is 0 Å². The zero-order chi connectivity index (χ0) is 14.5. The standard InChI is InChI=1S/C17H21BrO2/c18-15-11-6-4-2-1-3-5-10-14-17(19)20-16-12-8-7-9-13-16/h3,5,7-10,12-14H,1-2,4,6,11,15H2/b5-3-,14-10+. The molecule has 1 aromatic carbocycles. The average molecular weight is 337 g/mol. The fourth-order valence-corrected chi connectivity index (χ4v) is 2.05. The molecular weight excluding hydrogens is 316 g/mol. The highest BCUT2D eigenvalue weighted by molar-refractivity contribution is 9.09. The lowest BCUT2D eigenvalue weighted by Gasteiger charge is -1.98. The first kappa shape index (κ1) is 16.7. The minimum absolute atomic E-state index is 0.349. The molecule has 0 amide bonds. The molecule has 0 aliphatic heterocycles. The Morgan fingerprint density at radius 3 is 2.55 bits per heavy atom. The summed E-state index contributed by atoms with van der Waals surface area (Å²) in [5, 5.41) is 1.09. The topological polar surface area (TPSA) is 26.3 Å². The van der Waals surface area contributed by atoms with Crippen LogP contribution < -0.4 is 4.74 Å². The number of ether oxygens (including phenoxy) is 1. The van der Waals surface area contributed by atoms with Gasteiger partial charge in [0.25, 0.3) is 0 Å².